The van der Waals surface area contributed by atoms with Crippen molar-refractivity contribution >= 4 is 15.9 Å². The van der Waals surface area contributed by atoms with E-state index in [9.17, 15) is 13.2 Å². The van der Waals surface area contributed by atoms with Gasteiger partial charge in [0.2, 0.25) is 10.0 Å². The van der Waals surface area contributed by atoms with Crippen LogP contribution in [0.5, 0.6) is 5.75 Å². The average molecular weight is 440 g/mol. The van der Waals surface area contributed by atoms with Gasteiger partial charge in [0.25, 0.3) is 5.91 Å². The van der Waals surface area contributed by atoms with Gasteiger partial charge in [-0.1, -0.05) is 0 Å². The third-order valence-electron chi connectivity index (χ3n) is 5.92. The van der Waals surface area contributed by atoms with E-state index in [-0.39, 0.29) is 11.9 Å². The molecule has 0 aliphatic carbocycles. The third-order valence-corrected chi connectivity index (χ3v) is 7.25. The first-order chi connectivity index (χ1) is 14.3. The maximum absolute atomic E-state index is 13.1. The summed E-state index contributed by atoms with van der Waals surface area (Å²) in [5.74, 6) is 0.661. The number of carbonyl (C=O) groups is 1. The lowest BCUT2D eigenvalue weighted by molar-refractivity contribution is 0.0334. The molecule has 0 N–H and O–H groups in total. The molecule has 2 saturated heterocycles. The minimum Gasteiger partial charge on any atom is -0.497 e. The van der Waals surface area contributed by atoms with Crippen molar-refractivity contribution in [3.8, 4) is 5.75 Å². The zero-order chi connectivity index (χ0) is 21.7. The Bertz CT molecular complexity index is 839. The maximum atomic E-state index is 13.1. The zero-order valence-corrected chi connectivity index (χ0v) is 19.0. The van der Waals surface area contributed by atoms with E-state index in [4.69, 9.17) is 9.47 Å². The normalized spacial score (nSPS) is 21.1. The zero-order valence-electron chi connectivity index (χ0n) is 18.2. The summed E-state index contributed by atoms with van der Waals surface area (Å²) in [6.45, 7) is 7.08. The van der Waals surface area contributed by atoms with Crippen molar-refractivity contribution in [2.24, 2.45) is 0 Å². The molecule has 2 fully saturated rings. The lowest BCUT2D eigenvalue weighted by Gasteiger charge is -2.39. The minimum absolute atomic E-state index is 0.0542. The molecule has 1 unspecified atom stereocenters. The van der Waals surface area contributed by atoms with Gasteiger partial charge >= 0.3 is 0 Å². The molecule has 0 saturated carbocycles. The van der Waals surface area contributed by atoms with Crippen LogP contribution in [0.1, 0.15) is 28.8 Å². The van der Waals surface area contributed by atoms with Crippen molar-refractivity contribution in [2.45, 2.75) is 25.8 Å². The molecule has 0 radical (unpaired) electrons. The molecule has 0 spiro atoms. The van der Waals surface area contributed by atoms with Crippen LogP contribution in [-0.2, 0) is 14.8 Å². The molecule has 8 nitrogen and oxygen atoms in total. The van der Waals surface area contributed by atoms with E-state index in [1.165, 1.54) is 6.26 Å². The second kappa shape index (κ2) is 10.1. The summed E-state index contributed by atoms with van der Waals surface area (Å²) in [4.78, 5) is 17.2. The molecule has 1 aromatic carbocycles. The van der Waals surface area contributed by atoms with Crippen LogP contribution >= 0.6 is 0 Å². The van der Waals surface area contributed by atoms with Gasteiger partial charge < -0.3 is 14.4 Å². The largest absolute Gasteiger partial charge is 0.497 e. The molecule has 2 aliphatic heterocycles. The van der Waals surface area contributed by atoms with Gasteiger partial charge in [0.15, 0.2) is 0 Å². The fourth-order valence-electron chi connectivity index (χ4n) is 4.23. The fraction of sp³-hybridized carbons (Fsp3) is 0.667. The number of carbonyl (C=O) groups excluding carboxylic acids is 1. The molecule has 9 heteroatoms. The monoisotopic (exact) mass is 439 g/mol. The maximum Gasteiger partial charge on any atom is 0.254 e. The molecule has 2 aliphatic rings. The van der Waals surface area contributed by atoms with Crippen LogP contribution in [-0.4, -0.2) is 100 Å². The van der Waals surface area contributed by atoms with Crippen molar-refractivity contribution in [3.05, 3.63) is 29.3 Å². The molecule has 0 bridgehead atoms. The first-order valence-corrected chi connectivity index (χ1v) is 12.4. The Kier molecular flexibility index (Phi) is 7.73. The lowest BCUT2D eigenvalue weighted by atomic mass is 10.0. The highest BCUT2D eigenvalue weighted by Gasteiger charge is 2.33. The van der Waals surface area contributed by atoms with Gasteiger partial charge in [0, 0.05) is 50.9 Å². The van der Waals surface area contributed by atoms with E-state index in [2.05, 4.69) is 4.90 Å². The number of amides is 1. The molecular weight excluding hydrogens is 406 g/mol. The number of sulfonamides is 1. The number of ether oxygens (including phenoxy) is 2. The standard InChI is InChI=1S/C21H33N3O5S/c1-17-15-19(28-2)6-7-20(17)21(25)23-8-4-5-18(16-23)24(30(3,26)27)10-9-22-11-13-29-14-12-22/h6-7,15,18H,4-5,8-14,16H2,1-3H3. The van der Waals surface area contributed by atoms with Gasteiger partial charge in [0.1, 0.15) is 5.75 Å². The number of piperidine rings is 1. The number of rotatable bonds is 7. The Labute approximate surface area is 179 Å². The molecule has 0 aromatic heterocycles. The molecule has 3 rings (SSSR count). The van der Waals surface area contributed by atoms with E-state index >= 15 is 0 Å². The summed E-state index contributed by atoms with van der Waals surface area (Å²) in [7, 11) is -1.78. The van der Waals surface area contributed by atoms with Gasteiger partial charge in [0.05, 0.1) is 26.6 Å². The predicted octanol–water partition coefficient (Wildman–Crippen LogP) is 1.20. The molecule has 30 heavy (non-hydrogen) atoms. The highest BCUT2D eigenvalue weighted by atomic mass is 32.2. The second-order valence-corrected chi connectivity index (χ2v) is 9.99. The molecular formula is C21H33N3O5S. The number of morpholine rings is 1. The fourth-order valence-corrected chi connectivity index (χ4v) is 5.36. The molecule has 168 valence electrons. The van der Waals surface area contributed by atoms with Crippen molar-refractivity contribution in [2.75, 3.05) is 65.8 Å². The summed E-state index contributed by atoms with van der Waals surface area (Å²) in [6, 6.07) is 5.22. The number of aryl methyl sites for hydroxylation is 1. The van der Waals surface area contributed by atoms with Gasteiger partial charge in [-0.05, 0) is 43.5 Å². The van der Waals surface area contributed by atoms with E-state index in [1.807, 2.05) is 13.0 Å². The smallest absolute Gasteiger partial charge is 0.254 e. The van der Waals surface area contributed by atoms with Crippen LogP contribution < -0.4 is 4.74 Å². The Balaban J connectivity index is 1.69. The highest BCUT2D eigenvalue weighted by Crippen LogP contribution is 2.23. The Morgan fingerprint density at radius 1 is 1.27 bits per heavy atom. The number of nitrogens with zero attached hydrogens (tertiary/aromatic N) is 3. The predicted molar refractivity (Wildman–Crippen MR) is 115 cm³/mol. The Morgan fingerprint density at radius 3 is 2.63 bits per heavy atom. The topological polar surface area (TPSA) is 79.4 Å². The summed E-state index contributed by atoms with van der Waals surface area (Å²) >= 11 is 0. The summed E-state index contributed by atoms with van der Waals surface area (Å²) in [5, 5.41) is 0. The second-order valence-electron chi connectivity index (χ2n) is 8.06. The number of benzene rings is 1. The van der Waals surface area contributed by atoms with Gasteiger partial charge in [-0.15, -0.1) is 0 Å². The van der Waals surface area contributed by atoms with E-state index in [0.29, 0.717) is 50.7 Å². The van der Waals surface area contributed by atoms with Crippen LogP contribution in [0.15, 0.2) is 18.2 Å². The number of hydrogen-bond donors (Lipinski definition) is 0. The molecule has 1 atom stereocenters. The Morgan fingerprint density at radius 2 is 2.00 bits per heavy atom. The molecule has 2 heterocycles. The summed E-state index contributed by atoms with van der Waals surface area (Å²) in [6.07, 6.45) is 2.82. The highest BCUT2D eigenvalue weighted by molar-refractivity contribution is 7.88. The summed E-state index contributed by atoms with van der Waals surface area (Å²) < 4.78 is 37.3. The van der Waals surface area contributed by atoms with Crippen molar-refractivity contribution < 1.29 is 22.7 Å². The van der Waals surface area contributed by atoms with Gasteiger partial charge in [-0.2, -0.15) is 4.31 Å². The Hall–Kier alpha value is -1.68. The van der Waals surface area contributed by atoms with Crippen LogP contribution in [0, 0.1) is 6.92 Å². The first kappa shape index (κ1) is 23.0. The molecule has 1 amide bonds. The van der Waals surface area contributed by atoms with Crippen molar-refractivity contribution in [1.29, 1.82) is 0 Å². The van der Waals surface area contributed by atoms with Gasteiger partial charge in [-0.25, -0.2) is 8.42 Å². The lowest BCUT2D eigenvalue weighted by Crippen LogP contribution is -2.53. The summed E-state index contributed by atoms with van der Waals surface area (Å²) in [5.41, 5.74) is 1.49. The van der Waals surface area contributed by atoms with Crippen molar-refractivity contribution in [1.82, 2.24) is 14.1 Å². The van der Waals surface area contributed by atoms with Crippen LogP contribution in [0.4, 0.5) is 0 Å². The first-order valence-electron chi connectivity index (χ1n) is 10.5. The number of methoxy groups -OCH3 is 1. The average Bonchev–Trinajstić information content (AvgIpc) is 2.73. The number of likely N-dealkylation sites (tertiary alicyclic amines) is 1. The van der Waals surface area contributed by atoms with E-state index in [1.54, 1.807) is 28.4 Å². The third kappa shape index (κ3) is 5.72. The van der Waals surface area contributed by atoms with Crippen molar-refractivity contribution in [3.63, 3.8) is 0 Å². The van der Waals surface area contributed by atoms with Crippen LogP contribution in [0.2, 0.25) is 0 Å². The number of hydrogen-bond acceptors (Lipinski definition) is 6. The van der Waals surface area contributed by atoms with E-state index < -0.39 is 10.0 Å². The van der Waals surface area contributed by atoms with E-state index in [0.717, 1.165) is 31.5 Å². The van der Waals surface area contributed by atoms with Crippen LogP contribution in [0.25, 0.3) is 0 Å². The van der Waals surface area contributed by atoms with Gasteiger partial charge in [-0.3, -0.25) is 9.69 Å². The SMILES string of the molecule is COc1ccc(C(=O)N2CCCC(N(CCN3CCOCC3)S(C)(=O)=O)C2)c(C)c1. The van der Waals surface area contributed by atoms with Crippen LogP contribution in [0.3, 0.4) is 0 Å². The quantitative estimate of drug-likeness (QED) is 0.635. The minimum atomic E-state index is -3.38. The molecule has 1 aromatic rings.